The maximum Gasteiger partial charge on any atom is 0.246 e. The molecule has 3 amide bonds. The lowest BCUT2D eigenvalue weighted by molar-refractivity contribution is -0.145. The van der Waals surface area contributed by atoms with E-state index in [4.69, 9.17) is 0 Å². The Kier molecular flexibility index (Phi) is 5.09. The number of nitrogens with zero attached hydrogens (tertiary/aromatic N) is 1. The highest BCUT2D eigenvalue weighted by Crippen LogP contribution is 2.13. The molecule has 0 spiro atoms. The Bertz CT molecular complexity index is 762. The molecule has 0 bridgehead atoms. The summed E-state index contributed by atoms with van der Waals surface area (Å²) in [4.78, 5) is 38.2. The molecular formula is C19H19N3O3. The number of nitrogens with one attached hydrogen (secondary N) is 2. The number of anilines is 1. The van der Waals surface area contributed by atoms with E-state index >= 15 is 0 Å². The zero-order valence-corrected chi connectivity index (χ0v) is 13.6. The number of hydrogen-bond acceptors (Lipinski definition) is 3. The topological polar surface area (TPSA) is 78.5 Å². The summed E-state index contributed by atoms with van der Waals surface area (Å²) in [5.74, 6) is -0.814. The molecule has 3 rings (SSSR count). The number of amides is 3. The average molecular weight is 337 g/mol. The molecule has 0 aromatic heterocycles. The van der Waals surface area contributed by atoms with E-state index in [1.165, 1.54) is 4.90 Å². The van der Waals surface area contributed by atoms with Crippen molar-refractivity contribution in [2.75, 3.05) is 11.9 Å². The quantitative estimate of drug-likeness (QED) is 0.869. The van der Waals surface area contributed by atoms with Crippen LogP contribution in [0.5, 0.6) is 0 Å². The van der Waals surface area contributed by atoms with Gasteiger partial charge in [0.2, 0.25) is 17.7 Å². The van der Waals surface area contributed by atoms with Crippen LogP contribution >= 0.6 is 0 Å². The molecule has 128 valence electrons. The first-order chi connectivity index (χ1) is 12.1. The minimum absolute atomic E-state index is 0.00450. The summed E-state index contributed by atoms with van der Waals surface area (Å²) in [6, 6.07) is 17.6. The molecular weight excluding hydrogens is 318 g/mol. The predicted molar refractivity (Wildman–Crippen MR) is 93.5 cm³/mol. The molecule has 25 heavy (non-hydrogen) atoms. The fourth-order valence-corrected chi connectivity index (χ4v) is 2.77. The predicted octanol–water partition coefficient (Wildman–Crippen LogP) is 1.54. The van der Waals surface area contributed by atoms with Gasteiger partial charge >= 0.3 is 0 Å². The fourth-order valence-electron chi connectivity index (χ4n) is 2.77. The zero-order valence-electron chi connectivity index (χ0n) is 13.6. The summed E-state index contributed by atoms with van der Waals surface area (Å²) in [7, 11) is 0. The molecule has 1 saturated heterocycles. The van der Waals surface area contributed by atoms with Gasteiger partial charge in [0.05, 0.1) is 13.0 Å². The van der Waals surface area contributed by atoms with Crippen LogP contribution in [0.25, 0.3) is 0 Å². The van der Waals surface area contributed by atoms with Gasteiger partial charge in [-0.15, -0.1) is 0 Å². The molecule has 1 aliphatic rings. The molecule has 6 nitrogen and oxygen atoms in total. The van der Waals surface area contributed by atoms with Crippen LogP contribution < -0.4 is 10.6 Å². The molecule has 1 fully saturated rings. The molecule has 0 aliphatic carbocycles. The van der Waals surface area contributed by atoms with Crippen molar-refractivity contribution >= 4 is 23.4 Å². The lowest BCUT2D eigenvalue weighted by Gasteiger charge is -2.32. The van der Waals surface area contributed by atoms with Crippen molar-refractivity contribution in [2.24, 2.45) is 0 Å². The SMILES string of the molecule is O=C(C[C@H]1NC(=O)CN(Cc2ccccc2)C1=O)Nc1ccccc1. The molecule has 0 radical (unpaired) electrons. The van der Waals surface area contributed by atoms with Crippen LogP contribution in [0, 0.1) is 0 Å². The van der Waals surface area contributed by atoms with E-state index < -0.39 is 6.04 Å². The van der Waals surface area contributed by atoms with E-state index in [1.807, 2.05) is 48.5 Å². The summed E-state index contributed by atoms with van der Waals surface area (Å²) in [5.41, 5.74) is 1.60. The number of para-hydroxylation sites is 1. The number of carbonyl (C=O) groups is 3. The van der Waals surface area contributed by atoms with Crippen LogP contribution in [-0.4, -0.2) is 35.2 Å². The third-order valence-electron chi connectivity index (χ3n) is 3.94. The first kappa shape index (κ1) is 16.7. The Hall–Kier alpha value is -3.15. The van der Waals surface area contributed by atoms with Gasteiger partial charge in [-0.25, -0.2) is 0 Å². The highest BCUT2D eigenvalue weighted by Gasteiger charge is 2.33. The second-order valence-electron chi connectivity index (χ2n) is 5.92. The van der Waals surface area contributed by atoms with Crippen molar-refractivity contribution in [1.29, 1.82) is 0 Å². The van der Waals surface area contributed by atoms with Crippen LogP contribution in [0.4, 0.5) is 5.69 Å². The molecule has 0 saturated carbocycles. The number of rotatable bonds is 5. The zero-order chi connectivity index (χ0) is 17.6. The second kappa shape index (κ2) is 7.61. The van der Waals surface area contributed by atoms with Crippen LogP contribution in [0.15, 0.2) is 60.7 Å². The third-order valence-corrected chi connectivity index (χ3v) is 3.94. The van der Waals surface area contributed by atoms with E-state index in [0.29, 0.717) is 12.2 Å². The lowest BCUT2D eigenvalue weighted by atomic mass is 10.1. The maximum absolute atomic E-state index is 12.6. The van der Waals surface area contributed by atoms with Gasteiger partial charge < -0.3 is 15.5 Å². The smallest absolute Gasteiger partial charge is 0.246 e. The van der Waals surface area contributed by atoms with Crippen molar-refractivity contribution in [3.63, 3.8) is 0 Å². The molecule has 1 heterocycles. The van der Waals surface area contributed by atoms with Crippen LogP contribution in [0.3, 0.4) is 0 Å². The Morgan fingerprint density at radius 2 is 1.68 bits per heavy atom. The van der Waals surface area contributed by atoms with E-state index in [0.717, 1.165) is 5.56 Å². The van der Waals surface area contributed by atoms with Gasteiger partial charge in [-0.2, -0.15) is 0 Å². The number of carbonyl (C=O) groups excluding carboxylic acids is 3. The summed E-state index contributed by atoms with van der Waals surface area (Å²) in [5, 5.41) is 5.34. The maximum atomic E-state index is 12.6. The first-order valence-corrected chi connectivity index (χ1v) is 8.09. The Balaban J connectivity index is 1.63. The van der Waals surface area contributed by atoms with E-state index in [9.17, 15) is 14.4 Å². The third kappa shape index (κ3) is 4.44. The van der Waals surface area contributed by atoms with Gasteiger partial charge in [-0.05, 0) is 17.7 Å². The van der Waals surface area contributed by atoms with Gasteiger partial charge in [0.25, 0.3) is 0 Å². The highest BCUT2D eigenvalue weighted by atomic mass is 16.2. The molecule has 2 aromatic carbocycles. The molecule has 2 N–H and O–H groups in total. The Morgan fingerprint density at radius 1 is 1.04 bits per heavy atom. The monoisotopic (exact) mass is 337 g/mol. The van der Waals surface area contributed by atoms with E-state index in [2.05, 4.69) is 10.6 Å². The standard InChI is InChI=1S/C19H19N3O3/c23-17(20-15-9-5-2-6-10-15)11-16-19(25)22(13-18(24)21-16)12-14-7-3-1-4-8-14/h1-10,16H,11-13H2,(H,20,23)(H,21,24)/t16-/m1/s1. The second-order valence-corrected chi connectivity index (χ2v) is 5.92. The van der Waals surface area contributed by atoms with Gasteiger partial charge in [0, 0.05) is 12.2 Å². The minimum atomic E-state index is -0.839. The van der Waals surface area contributed by atoms with Crippen molar-refractivity contribution in [2.45, 2.75) is 19.0 Å². The fraction of sp³-hybridized carbons (Fsp3) is 0.211. The van der Waals surface area contributed by atoms with Gasteiger partial charge in [-0.1, -0.05) is 48.5 Å². The summed E-state index contributed by atoms with van der Waals surface area (Å²) in [6.07, 6.45) is -0.0925. The van der Waals surface area contributed by atoms with Crippen LogP contribution in [0.1, 0.15) is 12.0 Å². The highest BCUT2D eigenvalue weighted by molar-refractivity contribution is 6.00. The van der Waals surface area contributed by atoms with Crippen LogP contribution in [-0.2, 0) is 20.9 Å². The normalized spacial score (nSPS) is 17.1. The van der Waals surface area contributed by atoms with Crippen LogP contribution in [0.2, 0.25) is 0 Å². The van der Waals surface area contributed by atoms with Crippen molar-refractivity contribution < 1.29 is 14.4 Å². The van der Waals surface area contributed by atoms with Crippen molar-refractivity contribution in [1.82, 2.24) is 10.2 Å². The first-order valence-electron chi connectivity index (χ1n) is 8.09. The van der Waals surface area contributed by atoms with E-state index in [1.54, 1.807) is 12.1 Å². The van der Waals surface area contributed by atoms with Crippen molar-refractivity contribution in [3.8, 4) is 0 Å². The van der Waals surface area contributed by atoms with Gasteiger partial charge in [0.1, 0.15) is 6.04 Å². The van der Waals surface area contributed by atoms with Gasteiger partial charge in [0.15, 0.2) is 0 Å². The lowest BCUT2D eigenvalue weighted by Crippen LogP contribution is -2.58. The molecule has 1 atom stereocenters. The summed E-state index contributed by atoms with van der Waals surface area (Å²) < 4.78 is 0. The number of piperazine rings is 1. The summed E-state index contributed by atoms with van der Waals surface area (Å²) >= 11 is 0. The average Bonchev–Trinajstić information content (AvgIpc) is 2.60. The van der Waals surface area contributed by atoms with Gasteiger partial charge in [-0.3, -0.25) is 14.4 Å². The molecule has 0 unspecified atom stereocenters. The largest absolute Gasteiger partial charge is 0.342 e. The molecule has 1 aliphatic heterocycles. The van der Waals surface area contributed by atoms with Crippen molar-refractivity contribution in [3.05, 3.63) is 66.2 Å². The minimum Gasteiger partial charge on any atom is -0.342 e. The Labute approximate surface area is 145 Å². The number of hydrogen-bond donors (Lipinski definition) is 2. The number of benzene rings is 2. The molecule has 2 aromatic rings. The summed E-state index contributed by atoms with van der Waals surface area (Å²) in [6.45, 7) is 0.356. The van der Waals surface area contributed by atoms with E-state index in [-0.39, 0.29) is 30.7 Å². The molecule has 6 heteroatoms. The Morgan fingerprint density at radius 3 is 2.36 bits per heavy atom.